The highest BCUT2D eigenvalue weighted by atomic mass is 35.5. The summed E-state index contributed by atoms with van der Waals surface area (Å²) in [6, 6.07) is 19.6. The van der Waals surface area contributed by atoms with Gasteiger partial charge in [-0.25, -0.2) is 8.42 Å². The number of hydrogen-bond donors (Lipinski definition) is 1. The molecule has 3 rings (SSSR count). The normalized spacial score (nSPS) is 12.0. The summed E-state index contributed by atoms with van der Waals surface area (Å²) in [5, 5.41) is 3.06. The lowest BCUT2D eigenvalue weighted by atomic mass is 10.1. The molecule has 0 bridgehead atoms. The average Bonchev–Trinajstić information content (AvgIpc) is 2.87. The number of rotatable bonds is 10. The third kappa shape index (κ3) is 6.90. The Kier molecular flexibility index (Phi) is 9.34. The smallest absolute Gasteiger partial charge is 0.264 e. The van der Waals surface area contributed by atoms with Gasteiger partial charge in [-0.05, 0) is 62.2 Å². The maximum Gasteiger partial charge on any atom is 0.264 e. The Bertz CT molecular complexity index is 1340. The fourth-order valence-corrected chi connectivity index (χ4v) is 5.61. The Morgan fingerprint density at radius 1 is 0.946 bits per heavy atom. The Hall–Kier alpha value is -3.36. The lowest BCUT2D eigenvalue weighted by Crippen LogP contribution is -2.51. The Labute approximate surface area is 224 Å². The number of likely N-dealkylation sites (N-methyl/N-ethyl adjacent to an activating group) is 1. The van der Waals surface area contributed by atoms with Crippen molar-refractivity contribution in [2.45, 2.75) is 44.7 Å². The minimum Gasteiger partial charge on any atom is -0.357 e. The van der Waals surface area contributed by atoms with Crippen LogP contribution in [0.5, 0.6) is 0 Å². The number of sulfonamides is 1. The summed E-state index contributed by atoms with van der Waals surface area (Å²) in [6.45, 7) is 5.30. The third-order valence-electron chi connectivity index (χ3n) is 6.07. The van der Waals surface area contributed by atoms with E-state index in [1.54, 1.807) is 36.4 Å². The summed E-state index contributed by atoms with van der Waals surface area (Å²) in [4.78, 5) is 28.1. The van der Waals surface area contributed by atoms with Crippen molar-refractivity contribution < 1.29 is 18.0 Å². The molecule has 0 spiro atoms. The van der Waals surface area contributed by atoms with Crippen molar-refractivity contribution in [3.8, 4) is 0 Å². The minimum absolute atomic E-state index is 0.0597. The molecule has 37 heavy (non-hydrogen) atoms. The fourth-order valence-electron chi connectivity index (χ4n) is 4.07. The molecule has 196 valence electrons. The molecule has 0 aliphatic heterocycles. The standard InChI is InChI=1S/C28H32ClN3O4S/c1-5-26(28(34)30-4)31(18-22-8-6-7-21(3)17-22)27(33)19-32(24-13-11-23(29)12-14-24)37(35,36)25-15-9-20(2)10-16-25/h6-17,26H,5,18-19H2,1-4H3,(H,30,34)/t26-/m0/s1. The summed E-state index contributed by atoms with van der Waals surface area (Å²) in [6.07, 6.45) is 0.364. The summed E-state index contributed by atoms with van der Waals surface area (Å²) < 4.78 is 28.6. The summed E-state index contributed by atoms with van der Waals surface area (Å²) in [7, 11) is -2.59. The van der Waals surface area contributed by atoms with Crippen molar-refractivity contribution in [2.24, 2.45) is 0 Å². The van der Waals surface area contributed by atoms with E-state index in [9.17, 15) is 18.0 Å². The number of amides is 2. The van der Waals surface area contributed by atoms with Crippen LogP contribution in [-0.4, -0.2) is 44.8 Å². The van der Waals surface area contributed by atoms with Crippen LogP contribution in [0.2, 0.25) is 5.02 Å². The van der Waals surface area contributed by atoms with Gasteiger partial charge < -0.3 is 10.2 Å². The highest BCUT2D eigenvalue weighted by molar-refractivity contribution is 7.92. The van der Waals surface area contributed by atoms with Crippen LogP contribution >= 0.6 is 11.6 Å². The molecule has 1 N–H and O–H groups in total. The Morgan fingerprint density at radius 2 is 1.59 bits per heavy atom. The molecular formula is C28H32ClN3O4S. The van der Waals surface area contributed by atoms with Gasteiger partial charge in [-0.1, -0.05) is 66.0 Å². The maximum atomic E-state index is 13.8. The topological polar surface area (TPSA) is 86.8 Å². The van der Waals surface area contributed by atoms with Gasteiger partial charge in [0.05, 0.1) is 10.6 Å². The van der Waals surface area contributed by atoms with Crippen molar-refractivity contribution >= 4 is 39.1 Å². The molecule has 2 amide bonds. The van der Waals surface area contributed by atoms with E-state index in [4.69, 9.17) is 11.6 Å². The van der Waals surface area contributed by atoms with Crippen LogP contribution in [0, 0.1) is 13.8 Å². The van der Waals surface area contributed by atoms with Gasteiger partial charge in [0.2, 0.25) is 11.8 Å². The highest BCUT2D eigenvalue weighted by Crippen LogP contribution is 2.26. The molecule has 0 aliphatic rings. The molecule has 0 fully saturated rings. The zero-order valence-electron chi connectivity index (χ0n) is 21.4. The van der Waals surface area contributed by atoms with Gasteiger partial charge >= 0.3 is 0 Å². The van der Waals surface area contributed by atoms with E-state index < -0.39 is 28.5 Å². The second-order valence-corrected chi connectivity index (χ2v) is 11.1. The van der Waals surface area contributed by atoms with Gasteiger partial charge in [0.1, 0.15) is 12.6 Å². The number of nitrogens with zero attached hydrogens (tertiary/aromatic N) is 2. The van der Waals surface area contributed by atoms with Crippen molar-refractivity contribution in [1.82, 2.24) is 10.2 Å². The Balaban J connectivity index is 2.05. The molecule has 7 nitrogen and oxygen atoms in total. The molecule has 0 aromatic heterocycles. The molecule has 0 saturated carbocycles. The molecule has 1 atom stereocenters. The third-order valence-corrected chi connectivity index (χ3v) is 8.11. The van der Waals surface area contributed by atoms with E-state index in [1.807, 2.05) is 45.0 Å². The predicted molar refractivity (Wildman–Crippen MR) is 147 cm³/mol. The first-order valence-electron chi connectivity index (χ1n) is 12.0. The summed E-state index contributed by atoms with van der Waals surface area (Å²) in [5.74, 6) is -0.814. The van der Waals surface area contributed by atoms with Gasteiger partial charge in [0, 0.05) is 18.6 Å². The van der Waals surface area contributed by atoms with Gasteiger partial charge in [-0.2, -0.15) is 0 Å². The quantitative estimate of drug-likeness (QED) is 0.403. The fraction of sp³-hybridized carbons (Fsp3) is 0.286. The van der Waals surface area contributed by atoms with E-state index >= 15 is 0 Å². The lowest BCUT2D eigenvalue weighted by molar-refractivity contribution is -0.140. The van der Waals surface area contributed by atoms with Crippen LogP contribution in [0.15, 0.2) is 77.7 Å². The summed E-state index contributed by atoms with van der Waals surface area (Å²) >= 11 is 6.05. The van der Waals surface area contributed by atoms with Crippen LogP contribution in [0.25, 0.3) is 0 Å². The molecule has 0 heterocycles. The number of anilines is 1. The zero-order valence-corrected chi connectivity index (χ0v) is 23.0. The molecule has 9 heteroatoms. The van der Waals surface area contributed by atoms with Crippen molar-refractivity contribution in [3.05, 3.63) is 94.5 Å². The van der Waals surface area contributed by atoms with Crippen molar-refractivity contribution in [1.29, 1.82) is 0 Å². The molecular weight excluding hydrogens is 510 g/mol. The molecule has 0 saturated heterocycles. The van der Waals surface area contributed by atoms with Crippen LogP contribution in [0.4, 0.5) is 5.69 Å². The minimum atomic E-state index is -4.11. The molecule has 3 aromatic rings. The highest BCUT2D eigenvalue weighted by Gasteiger charge is 2.33. The Morgan fingerprint density at radius 3 is 2.16 bits per heavy atom. The van der Waals surface area contributed by atoms with Gasteiger partial charge in [-0.15, -0.1) is 0 Å². The monoisotopic (exact) mass is 541 g/mol. The first-order valence-corrected chi connectivity index (χ1v) is 13.8. The van der Waals surface area contributed by atoms with E-state index in [0.29, 0.717) is 17.1 Å². The van der Waals surface area contributed by atoms with Crippen LogP contribution in [0.3, 0.4) is 0 Å². The van der Waals surface area contributed by atoms with Crippen molar-refractivity contribution in [3.63, 3.8) is 0 Å². The number of halogens is 1. The van der Waals surface area contributed by atoms with Crippen molar-refractivity contribution in [2.75, 3.05) is 17.9 Å². The first kappa shape index (κ1) is 28.2. The number of hydrogen-bond acceptors (Lipinski definition) is 4. The van der Waals surface area contributed by atoms with E-state index in [0.717, 1.165) is 21.0 Å². The number of carbonyl (C=O) groups is 2. The SMILES string of the molecule is CC[C@@H](C(=O)NC)N(Cc1cccc(C)c1)C(=O)CN(c1ccc(Cl)cc1)S(=O)(=O)c1ccc(C)cc1. The lowest BCUT2D eigenvalue weighted by Gasteiger charge is -2.33. The number of aryl methyl sites for hydroxylation is 2. The predicted octanol–water partition coefficient (Wildman–Crippen LogP) is 4.71. The van der Waals surface area contributed by atoms with E-state index in [1.165, 1.54) is 24.1 Å². The average molecular weight is 542 g/mol. The summed E-state index contributed by atoms with van der Waals surface area (Å²) in [5.41, 5.74) is 3.06. The van der Waals surface area contributed by atoms with Crippen LogP contribution < -0.4 is 9.62 Å². The molecule has 0 aliphatic carbocycles. The largest absolute Gasteiger partial charge is 0.357 e. The number of nitrogens with one attached hydrogen (secondary N) is 1. The maximum absolute atomic E-state index is 13.8. The van der Waals surface area contributed by atoms with Gasteiger partial charge in [0.15, 0.2) is 0 Å². The molecule has 0 unspecified atom stereocenters. The van der Waals surface area contributed by atoms with Gasteiger partial charge in [0.25, 0.3) is 10.0 Å². The first-order chi connectivity index (χ1) is 17.6. The van der Waals surface area contributed by atoms with Crippen LogP contribution in [-0.2, 0) is 26.2 Å². The second kappa shape index (κ2) is 12.3. The molecule has 3 aromatic carbocycles. The van der Waals surface area contributed by atoms with E-state index in [2.05, 4.69) is 5.32 Å². The van der Waals surface area contributed by atoms with Gasteiger partial charge in [-0.3, -0.25) is 13.9 Å². The second-order valence-electron chi connectivity index (χ2n) is 8.85. The van der Waals surface area contributed by atoms with E-state index in [-0.39, 0.29) is 17.3 Å². The zero-order chi connectivity index (χ0) is 27.2. The number of carbonyl (C=O) groups excluding carboxylic acids is 2. The number of benzene rings is 3. The molecule has 0 radical (unpaired) electrons. The van der Waals surface area contributed by atoms with Crippen LogP contribution in [0.1, 0.15) is 30.0 Å².